The Hall–Kier alpha value is -6.64. The van der Waals surface area contributed by atoms with Crippen LogP contribution in [0.4, 0.5) is 17.1 Å². The lowest BCUT2D eigenvalue weighted by atomic mass is 9.79. The van der Waals surface area contributed by atoms with Gasteiger partial charge in [0.15, 0.2) is 0 Å². The molecule has 2 heterocycles. The highest BCUT2D eigenvalue weighted by Gasteiger charge is 2.37. The number of rotatable bonds is 4. The monoisotopic (exact) mass is 826 g/mol. The molecule has 8 aromatic carbocycles. The summed E-state index contributed by atoms with van der Waals surface area (Å²) >= 11 is 0. The van der Waals surface area contributed by atoms with E-state index in [1.807, 2.05) is 0 Å². The van der Waals surface area contributed by atoms with Crippen LogP contribution < -0.4 is 9.80 Å². The van der Waals surface area contributed by atoms with Gasteiger partial charge in [-0.05, 0) is 187 Å². The second-order valence-electron chi connectivity index (χ2n) is 20.1. The molecule has 0 saturated heterocycles. The highest BCUT2D eigenvalue weighted by Crippen LogP contribution is 2.54. The van der Waals surface area contributed by atoms with Crippen molar-refractivity contribution < 1.29 is 0 Å². The summed E-state index contributed by atoms with van der Waals surface area (Å²) < 4.78 is 0. The first-order valence-corrected chi connectivity index (χ1v) is 23.8. The van der Waals surface area contributed by atoms with Crippen LogP contribution in [0.5, 0.6) is 0 Å². The number of para-hydroxylation sites is 1. The Morgan fingerprint density at radius 1 is 0.438 bits per heavy atom. The van der Waals surface area contributed by atoms with Gasteiger partial charge in [0, 0.05) is 46.7 Å². The summed E-state index contributed by atoms with van der Waals surface area (Å²) in [5.74, 6) is 0. The number of hydrogen-bond donors (Lipinski definition) is 0. The van der Waals surface area contributed by atoms with Gasteiger partial charge in [-0.25, -0.2) is 0 Å². The molecule has 2 aliphatic heterocycles. The molecule has 0 N–H and O–H groups in total. The van der Waals surface area contributed by atoms with Gasteiger partial charge in [-0.15, -0.1) is 0 Å². The van der Waals surface area contributed by atoms with Crippen LogP contribution in [-0.2, 0) is 17.3 Å². The number of hydrogen-bond acceptors (Lipinski definition) is 2. The average molecular weight is 827 g/mol. The van der Waals surface area contributed by atoms with Gasteiger partial charge in [-0.1, -0.05) is 137 Å². The minimum atomic E-state index is -0.111. The van der Waals surface area contributed by atoms with E-state index >= 15 is 0 Å². The SMILES string of the molecule is CC1(C)c2ccccc2-c2ccc(-c3c4ccc(N5CCCC6=C5C=CCC6)cc4c(-c4ccc5c(c4)C(C)(C)c4ccccc4-5)c4cc(N5CCCc6ccccc65)ccc34)cc21. The maximum Gasteiger partial charge on any atom is 0.0443 e. The quantitative estimate of drug-likeness (QED) is 0.163. The second-order valence-corrected chi connectivity index (χ2v) is 20.1. The molecular formula is C62H54N2. The topological polar surface area (TPSA) is 6.48 Å². The molecule has 0 bridgehead atoms. The van der Waals surface area contributed by atoms with E-state index in [1.54, 1.807) is 5.57 Å². The molecule has 0 spiro atoms. The lowest BCUT2D eigenvalue weighted by Gasteiger charge is -2.34. The first-order valence-electron chi connectivity index (χ1n) is 23.8. The Bertz CT molecular complexity index is 3350. The van der Waals surface area contributed by atoms with E-state index in [4.69, 9.17) is 0 Å². The highest BCUT2D eigenvalue weighted by molar-refractivity contribution is 6.23. The fraction of sp³-hybridized carbons (Fsp3) is 0.226. The molecule has 3 aliphatic carbocycles. The molecule has 64 heavy (non-hydrogen) atoms. The normalized spacial score (nSPS) is 17.6. The number of benzene rings is 8. The summed E-state index contributed by atoms with van der Waals surface area (Å²) in [7, 11) is 0. The van der Waals surface area contributed by atoms with Crippen LogP contribution in [0.3, 0.4) is 0 Å². The van der Waals surface area contributed by atoms with E-state index in [9.17, 15) is 0 Å². The van der Waals surface area contributed by atoms with Crippen molar-refractivity contribution in [3.63, 3.8) is 0 Å². The van der Waals surface area contributed by atoms with Crippen molar-refractivity contribution in [1.29, 1.82) is 0 Å². The third-order valence-corrected chi connectivity index (χ3v) is 16.0. The Morgan fingerprint density at radius 2 is 0.969 bits per heavy atom. The third kappa shape index (κ3) is 5.44. The van der Waals surface area contributed by atoms with Crippen LogP contribution in [0.15, 0.2) is 169 Å². The van der Waals surface area contributed by atoms with E-state index < -0.39 is 0 Å². The Morgan fingerprint density at radius 3 is 1.62 bits per heavy atom. The zero-order chi connectivity index (χ0) is 42.9. The summed E-state index contributed by atoms with van der Waals surface area (Å²) in [6.45, 7) is 11.7. The molecule has 8 aromatic rings. The number of aryl methyl sites for hydroxylation is 1. The fourth-order valence-electron chi connectivity index (χ4n) is 12.8. The maximum atomic E-state index is 2.63. The predicted octanol–water partition coefficient (Wildman–Crippen LogP) is 16.2. The second kappa shape index (κ2) is 13.9. The first-order chi connectivity index (χ1) is 31.3. The molecule has 0 atom stereocenters. The third-order valence-electron chi connectivity index (χ3n) is 16.0. The van der Waals surface area contributed by atoms with Crippen LogP contribution in [0.25, 0.3) is 66.1 Å². The molecule has 13 rings (SSSR count). The molecule has 312 valence electrons. The van der Waals surface area contributed by atoms with E-state index in [-0.39, 0.29) is 10.8 Å². The molecule has 0 unspecified atom stereocenters. The molecule has 0 amide bonds. The van der Waals surface area contributed by atoms with Crippen molar-refractivity contribution in [3.8, 4) is 44.5 Å². The number of anilines is 3. The van der Waals surface area contributed by atoms with Crippen LogP contribution in [0.2, 0.25) is 0 Å². The summed E-state index contributed by atoms with van der Waals surface area (Å²) in [5, 5.41) is 5.25. The van der Waals surface area contributed by atoms with Crippen LogP contribution in [-0.4, -0.2) is 13.1 Å². The summed E-state index contributed by atoms with van der Waals surface area (Å²) in [5.41, 5.74) is 24.5. The van der Waals surface area contributed by atoms with Crippen molar-refractivity contribution in [2.45, 2.75) is 77.0 Å². The van der Waals surface area contributed by atoms with E-state index in [1.165, 1.54) is 136 Å². The van der Waals surface area contributed by atoms with Crippen molar-refractivity contribution in [2.75, 3.05) is 22.9 Å². The van der Waals surface area contributed by atoms with Crippen LogP contribution >= 0.6 is 0 Å². The Balaban J connectivity index is 1.12. The largest absolute Gasteiger partial charge is 0.342 e. The highest BCUT2D eigenvalue weighted by atomic mass is 15.1. The molecule has 0 aromatic heterocycles. The molecule has 0 saturated carbocycles. The molecule has 5 aliphatic rings. The average Bonchev–Trinajstić information content (AvgIpc) is 3.71. The standard InChI is InChI=1S/C62H54N2/c1-61(2)53-21-9-7-19-45(53)47-29-25-41(35-55(47)61)59-49-31-27-43(63-33-13-17-39-15-5-11-23-57(39)63)37-51(49)60(42-26-30-48-46-20-8-10-22-54(46)62(3,4)56(48)36-42)52-38-44(28-32-50(52)59)64-34-14-18-40-16-6-12-24-58(40)64/h5,7-12,15,19-32,35-38H,6,13-14,16-18,33-34H2,1-4H3. The smallest absolute Gasteiger partial charge is 0.0443 e. The van der Waals surface area contributed by atoms with Crippen molar-refractivity contribution in [1.82, 2.24) is 0 Å². The van der Waals surface area contributed by atoms with E-state index in [0.717, 1.165) is 32.4 Å². The van der Waals surface area contributed by atoms with Crippen molar-refractivity contribution in [3.05, 3.63) is 197 Å². The number of allylic oxidation sites excluding steroid dienone is 3. The lowest BCUT2D eigenvalue weighted by Crippen LogP contribution is -2.28. The summed E-state index contributed by atoms with van der Waals surface area (Å²) in [4.78, 5) is 5.21. The van der Waals surface area contributed by atoms with Crippen LogP contribution in [0.1, 0.15) is 87.6 Å². The fourth-order valence-corrected chi connectivity index (χ4v) is 12.8. The number of nitrogens with zero attached hydrogens (tertiary/aromatic N) is 2. The predicted molar refractivity (Wildman–Crippen MR) is 271 cm³/mol. The van der Waals surface area contributed by atoms with Crippen molar-refractivity contribution >= 4 is 38.6 Å². The van der Waals surface area contributed by atoms with Crippen LogP contribution in [0, 0.1) is 0 Å². The van der Waals surface area contributed by atoms with Gasteiger partial charge >= 0.3 is 0 Å². The molecule has 0 radical (unpaired) electrons. The summed E-state index contributed by atoms with van der Waals surface area (Å²) in [6, 6.07) is 56.8. The van der Waals surface area contributed by atoms with E-state index in [0.29, 0.717) is 0 Å². The first kappa shape index (κ1) is 37.9. The summed E-state index contributed by atoms with van der Waals surface area (Å²) in [6.07, 6.45) is 11.8. The van der Waals surface area contributed by atoms with E-state index in [2.05, 4.69) is 195 Å². The molecule has 0 fully saturated rings. The Labute approximate surface area is 378 Å². The molecule has 2 nitrogen and oxygen atoms in total. The minimum Gasteiger partial charge on any atom is -0.342 e. The molecule has 2 heteroatoms. The maximum absolute atomic E-state index is 2.63. The lowest BCUT2D eigenvalue weighted by molar-refractivity contribution is 0.660. The zero-order valence-corrected chi connectivity index (χ0v) is 37.6. The van der Waals surface area contributed by atoms with Gasteiger partial charge in [-0.2, -0.15) is 0 Å². The minimum absolute atomic E-state index is 0.0997. The number of fused-ring (bicyclic) bond motifs is 9. The Kier molecular flexibility index (Phi) is 8.24. The van der Waals surface area contributed by atoms with Gasteiger partial charge in [0.05, 0.1) is 0 Å². The van der Waals surface area contributed by atoms with Crippen molar-refractivity contribution in [2.24, 2.45) is 0 Å². The van der Waals surface area contributed by atoms with Gasteiger partial charge < -0.3 is 9.80 Å². The van der Waals surface area contributed by atoms with Gasteiger partial charge in [0.25, 0.3) is 0 Å². The van der Waals surface area contributed by atoms with Gasteiger partial charge in [-0.3, -0.25) is 0 Å². The van der Waals surface area contributed by atoms with Gasteiger partial charge in [0.2, 0.25) is 0 Å². The zero-order valence-electron chi connectivity index (χ0n) is 37.6. The van der Waals surface area contributed by atoms with Gasteiger partial charge in [0.1, 0.15) is 0 Å². The molecular weight excluding hydrogens is 773 g/mol.